The van der Waals surface area contributed by atoms with Crippen molar-refractivity contribution in [3.8, 4) is 5.75 Å². The summed E-state index contributed by atoms with van der Waals surface area (Å²) in [6.45, 7) is 0.169. The van der Waals surface area contributed by atoms with E-state index >= 15 is 0 Å². The lowest BCUT2D eigenvalue weighted by atomic mass is 10.2. The fourth-order valence-corrected chi connectivity index (χ4v) is 2.34. The van der Waals surface area contributed by atoms with Gasteiger partial charge >= 0.3 is 5.97 Å². The van der Waals surface area contributed by atoms with Gasteiger partial charge in [-0.1, -0.05) is 17.7 Å². The Morgan fingerprint density at radius 3 is 2.91 bits per heavy atom. The van der Waals surface area contributed by atoms with Crippen molar-refractivity contribution in [1.82, 2.24) is 10.2 Å². The van der Waals surface area contributed by atoms with Gasteiger partial charge in [0, 0.05) is 5.39 Å². The number of methoxy groups -OCH3 is 1. The predicted molar refractivity (Wildman–Crippen MR) is 83.2 cm³/mol. The van der Waals surface area contributed by atoms with Gasteiger partial charge in [-0.05, 0) is 35.9 Å². The van der Waals surface area contributed by atoms with E-state index in [0.29, 0.717) is 16.3 Å². The summed E-state index contributed by atoms with van der Waals surface area (Å²) in [5, 5.41) is 8.09. The highest BCUT2D eigenvalue weighted by molar-refractivity contribution is 6.33. The van der Waals surface area contributed by atoms with Crippen LogP contribution in [0.3, 0.4) is 0 Å². The third kappa shape index (κ3) is 2.89. The number of hydrogen-bond donors (Lipinski definition) is 1. The van der Waals surface area contributed by atoms with E-state index in [9.17, 15) is 4.79 Å². The summed E-state index contributed by atoms with van der Waals surface area (Å²) >= 11 is 6.05. The lowest BCUT2D eigenvalue weighted by molar-refractivity contribution is 0.0473. The van der Waals surface area contributed by atoms with Gasteiger partial charge in [0.05, 0.1) is 29.4 Å². The fourth-order valence-electron chi connectivity index (χ4n) is 2.10. The first-order valence-electron chi connectivity index (χ1n) is 6.60. The molecule has 3 aromatic rings. The third-order valence-corrected chi connectivity index (χ3v) is 3.58. The van der Waals surface area contributed by atoms with Crippen LogP contribution in [0.2, 0.25) is 5.02 Å². The number of aromatic amines is 1. The number of hydrogen-bond acceptors (Lipinski definition) is 4. The standard InChI is InChI=1S/C16H13ClN2O3/c1-21-12-3-4-13(14(17)7-12)16(20)22-9-10-2-5-15-11(6-10)8-18-19-15/h2-8H,9H2,1H3,(H,18,19). The first kappa shape index (κ1) is 14.4. The summed E-state index contributed by atoms with van der Waals surface area (Å²) in [6.07, 6.45) is 1.72. The molecule has 0 radical (unpaired) electrons. The van der Waals surface area contributed by atoms with Crippen LogP contribution in [0, 0.1) is 0 Å². The van der Waals surface area contributed by atoms with Crippen molar-refractivity contribution >= 4 is 28.5 Å². The van der Waals surface area contributed by atoms with Crippen molar-refractivity contribution in [2.24, 2.45) is 0 Å². The predicted octanol–water partition coefficient (Wildman–Crippen LogP) is 3.58. The van der Waals surface area contributed by atoms with Gasteiger partial charge < -0.3 is 9.47 Å². The Balaban J connectivity index is 1.71. The largest absolute Gasteiger partial charge is 0.497 e. The van der Waals surface area contributed by atoms with Crippen molar-refractivity contribution in [3.63, 3.8) is 0 Å². The Labute approximate surface area is 131 Å². The van der Waals surface area contributed by atoms with Crippen LogP contribution in [0.25, 0.3) is 10.9 Å². The molecule has 1 heterocycles. The molecule has 1 aromatic heterocycles. The maximum atomic E-state index is 12.1. The molecule has 0 aliphatic rings. The maximum absolute atomic E-state index is 12.1. The zero-order valence-corrected chi connectivity index (χ0v) is 12.6. The molecule has 0 saturated carbocycles. The average Bonchev–Trinajstić information content (AvgIpc) is 3.00. The van der Waals surface area contributed by atoms with Crippen molar-refractivity contribution in [2.75, 3.05) is 7.11 Å². The van der Waals surface area contributed by atoms with Crippen LogP contribution >= 0.6 is 11.6 Å². The van der Waals surface area contributed by atoms with Gasteiger partial charge in [0.15, 0.2) is 0 Å². The van der Waals surface area contributed by atoms with Crippen LogP contribution < -0.4 is 4.74 Å². The number of esters is 1. The number of fused-ring (bicyclic) bond motifs is 1. The van der Waals surface area contributed by atoms with Crippen LogP contribution in [-0.4, -0.2) is 23.3 Å². The first-order chi connectivity index (χ1) is 10.7. The molecule has 0 unspecified atom stereocenters. The van der Waals surface area contributed by atoms with Crippen LogP contribution in [0.15, 0.2) is 42.6 Å². The van der Waals surface area contributed by atoms with E-state index in [1.807, 2.05) is 18.2 Å². The molecular weight excluding hydrogens is 304 g/mol. The molecule has 2 aromatic carbocycles. The second kappa shape index (κ2) is 6.07. The number of carbonyl (C=O) groups is 1. The van der Waals surface area contributed by atoms with E-state index < -0.39 is 5.97 Å². The van der Waals surface area contributed by atoms with Crippen molar-refractivity contribution in [1.29, 1.82) is 0 Å². The summed E-state index contributed by atoms with van der Waals surface area (Å²) in [4.78, 5) is 12.1. The average molecular weight is 317 g/mol. The summed E-state index contributed by atoms with van der Waals surface area (Å²) in [5.41, 5.74) is 2.13. The molecule has 5 nitrogen and oxygen atoms in total. The molecule has 0 spiro atoms. The molecule has 6 heteroatoms. The van der Waals surface area contributed by atoms with Gasteiger partial charge in [-0.2, -0.15) is 5.10 Å². The maximum Gasteiger partial charge on any atom is 0.339 e. The number of nitrogens with zero attached hydrogens (tertiary/aromatic N) is 1. The van der Waals surface area contributed by atoms with E-state index in [2.05, 4.69) is 10.2 Å². The number of benzene rings is 2. The number of halogens is 1. The molecule has 0 fully saturated rings. The number of ether oxygens (including phenoxy) is 2. The van der Waals surface area contributed by atoms with Gasteiger partial charge in [-0.15, -0.1) is 0 Å². The van der Waals surface area contributed by atoms with Crippen LogP contribution in [-0.2, 0) is 11.3 Å². The van der Waals surface area contributed by atoms with Gasteiger partial charge in [0.2, 0.25) is 0 Å². The van der Waals surface area contributed by atoms with E-state index in [-0.39, 0.29) is 6.61 Å². The minimum atomic E-state index is -0.472. The number of rotatable bonds is 4. The fraction of sp³-hybridized carbons (Fsp3) is 0.125. The second-order valence-electron chi connectivity index (χ2n) is 4.71. The zero-order valence-electron chi connectivity index (χ0n) is 11.8. The molecule has 112 valence electrons. The number of aromatic nitrogens is 2. The molecule has 0 aliphatic heterocycles. The highest BCUT2D eigenvalue weighted by atomic mass is 35.5. The Kier molecular flexibility index (Phi) is 3.98. The Bertz CT molecular complexity index is 829. The van der Waals surface area contributed by atoms with Gasteiger partial charge in [-0.3, -0.25) is 5.10 Å². The Morgan fingerprint density at radius 2 is 2.14 bits per heavy atom. The number of carbonyl (C=O) groups excluding carboxylic acids is 1. The molecular formula is C16H13ClN2O3. The Morgan fingerprint density at radius 1 is 1.27 bits per heavy atom. The summed E-state index contributed by atoms with van der Waals surface area (Å²) in [6, 6.07) is 10.5. The van der Waals surface area contributed by atoms with Crippen molar-refractivity contribution < 1.29 is 14.3 Å². The lowest BCUT2D eigenvalue weighted by Gasteiger charge is -2.08. The topological polar surface area (TPSA) is 64.2 Å². The zero-order chi connectivity index (χ0) is 15.5. The van der Waals surface area contributed by atoms with E-state index in [1.165, 1.54) is 7.11 Å². The van der Waals surface area contributed by atoms with E-state index in [1.54, 1.807) is 24.4 Å². The number of H-pyrrole nitrogens is 1. The van der Waals surface area contributed by atoms with E-state index in [0.717, 1.165) is 16.5 Å². The van der Waals surface area contributed by atoms with E-state index in [4.69, 9.17) is 21.1 Å². The first-order valence-corrected chi connectivity index (χ1v) is 6.98. The Hall–Kier alpha value is -2.53. The third-order valence-electron chi connectivity index (χ3n) is 3.27. The van der Waals surface area contributed by atoms with Crippen molar-refractivity contribution in [2.45, 2.75) is 6.61 Å². The van der Waals surface area contributed by atoms with Crippen LogP contribution in [0.5, 0.6) is 5.75 Å². The van der Waals surface area contributed by atoms with Gasteiger partial charge in [0.1, 0.15) is 12.4 Å². The smallest absolute Gasteiger partial charge is 0.339 e. The minimum absolute atomic E-state index is 0.169. The lowest BCUT2D eigenvalue weighted by Crippen LogP contribution is -2.06. The highest BCUT2D eigenvalue weighted by Gasteiger charge is 2.13. The number of nitrogens with one attached hydrogen (secondary N) is 1. The second-order valence-corrected chi connectivity index (χ2v) is 5.12. The van der Waals surface area contributed by atoms with Crippen LogP contribution in [0.1, 0.15) is 15.9 Å². The summed E-state index contributed by atoms with van der Waals surface area (Å²) < 4.78 is 10.3. The SMILES string of the molecule is COc1ccc(C(=O)OCc2ccc3[nH]ncc3c2)c(Cl)c1. The van der Waals surface area contributed by atoms with Crippen molar-refractivity contribution in [3.05, 3.63) is 58.7 Å². The quantitative estimate of drug-likeness (QED) is 0.747. The minimum Gasteiger partial charge on any atom is -0.497 e. The molecule has 3 rings (SSSR count). The summed E-state index contributed by atoms with van der Waals surface area (Å²) in [5.74, 6) is 0.118. The molecule has 0 amide bonds. The van der Waals surface area contributed by atoms with Crippen LogP contribution in [0.4, 0.5) is 0 Å². The van der Waals surface area contributed by atoms with Gasteiger partial charge in [-0.25, -0.2) is 4.79 Å². The molecule has 0 aliphatic carbocycles. The molecule has 1 N–H and O–H groups in total. The highest BCUT2D eigenvalue weighted by Crippen LogP contribution is 2.23. The molecule has 0 atom stereocenters. The molecule has 0 saturated heterocycles. The molecule has 22 heavy (non-hydrogen) atoms. The van der Waals surface area contributed by atoms with Gasteiger partial charge in [0.25, 0.3) is 0 Å². The summed E-state index contributed by atoms with van der Waals surface area (Å²) in [7, 11) is 1.54. The molecule has 0 bridgehead atoms. The normalized spacial score (nSPS) is 10.6. The monoisotopic (exact) mass is 316 g/mol.